The minimum atomic E-state index is -0.148. The summed E-state index contributed by atoms with van der Waals surface area (Å²) < 4.78 is 25.9. The molecule has 4 nitrogen and oxygen atoms in total. The zero-order valence-corrected chi connectivity index (χ0v) is 23.0. The predicted molar refractivity (Wildman–Crippen MR) is 157 cm³/mol. The van der Waals surface area contributed by atoms with E-state index in [9.17, 15) is 0 Å². The molecule has 0 aromatic heterocycles. The second-order valence-corrected chi connectivity index (χ2v) is 10.9. The van der Waals surface area contributed by atoms with E-state index in [0.717, 1.165) is 28.0 Å². The van der Waals surface area contributed by atoms with Crippen molar-refractivity contribution < 1.29 is 18.9 Å². The summed E-state index contributed by atoms with van der Waals surface area (Å²) in [5.74, 6) is 0.848. The van der Waals surface area contributed by atoms with E-state index in [0.29, 0.717) is 33.0 Å². The summed E-state index contributed by atoms with van der Waals surface area (Å²) in [4.78, 5) is 0. The van der Waals surface area contributed by atoms with Crippen molar-refractivity contribution in [2.45, 2.75) is 50.0 Å². The molecule has 1 saturated heterocycles. The van der Waals surface area contributed by atoms with Gasteiger partial charge in [0, 0.05) is 5.75 Å². The van der Waals surface area contributed by atoms with Gasteiger partial charge in [-0.25, -0.2) is 0 Å². The molecule has 0 aliphatic carbocycles. The van der Waals surface area contributed by atoms with E-state index in [1.807, 2.05) is 84.6 Å². The van der Waals surface area contributed by atoms with Gasteiger partial charge < -0.3 is 18.9 Å². The molecular formula is C34H36O4S. The highest BCUT2D eigenvalue weighted by molar-refractivity contribution is 8.00. The van der Waals surface area contributed by atoms with Crippen LogP contribution in [0.2, 0.25) is 0 Å². The standard InChI is InChI=1S/C34H36O4S/c1-5-13-27(14-6-1)21-35-25-31(36-22-28-15-7-2-8-16-28)34-33(38-24-30-19-11-4-12-20-30)32(26-39-34)37-23-29-17-9-3-10-18-29/h1-20,31-34H,21-26H2/t31-,32+,33-,34+/m1/s1. The summed E-state index contributed by atoms with van der Waals surface area (Å²) in [6.07, 6.45) is -0.314. The van der Waals surface area contributed by atoms with Crippen LogP contribution in [-0.4, -0.2) is 35.9 Å². The lowest BCUT2D eigenvalue weighted by atomic mass is 10.1. The number of thioether (sulfide) groups is 1. The lowest BCUT2D eigenvalue weighted by Gasteiger charge is -2.30. The van der Waals surface area contributed by atoms with Crippen molar-refractivity contribution in [1.82, 2.24) is 0 Å². The molecule has 0 N–H and O–H groups in total. The van der Waals surface area contributed by atoms with Crippen LogP contribution in [0.3, 0.4) is 0 Å². The Hall–Kier alpha value is -2.93. The zero-order chi connectivity index (χ0) is 26.5. The molecule has 0 bridgehead atoms. The molecule has 1 aliphatic heterocycles. The lowest BCUT2D eigenvalue weighted by molar-refractivity contribution is -0.101. The Morgan fingerprint density at radius 1 is 0.564 bits per heavy atom. The molecule has 39 heavy (non-hydrogen) atoms. The highest BCUT2D eigenvalue weighted by atomic mass is 32.2. The van der Waals surface area contributed by atoms with E-state index in [2.05, 4.69) is 48.5 Å². The third kappa shape index (κ3) is 8.53. The van der Waals surface area contributed by atoms with Crippen molar-refractivity contribution in [3.8, 4) is 0 Å². The van der Waals surface area contributed by atoms with Crippen LogP contribution in [0.1, 0.15) is 22.3 Å². The third-order valence-corrected chi connectivity index (χ3v) is 8.28. The average Bonchev–Trinajstić information content (AvgIpc) is 3.41. The van der Waals surface area contributed by atoms with Crippen LogP contribution in [0.25, 0.3) is 0 Å². The maximum atomic E-state index is 6.62. The summed E-state index contributed by atoms with van der Waals surface area (Å²) in [6.45, 7) is 2.65. The first-order valence-corrected chi connectivity index (χ1v) is 14.6. The molecule has 0 radical (unpaired) electrons. The van der Waals surface area contributed by atoms with Gasteiger partial charge in [-0.05, 0) is 22.3 Å². The Bertz CT molecular complexity index is 1210. The highest BCUT2D eigenvalue weighted by Gasteiger charge is 2.43. The molecule has 0 unspecified atom stereocenters. The van der Waals surface area contributed by atoms with Gasteiger partial charge >= 0.3 is 0 Å². The summed E-state index contributed by atoms with van der Waals surface area (Å²) >= 11 is 1.86. The first-order valence-electron chi connectivity index (χ1n) is 13.5. The van der Waals surface area contributed by atoms with Gasteiger partial charge in [0.2, 0.25) is 0 Å². The van der Waals surface area contributed by atoms with Crippen molar-refractivity contribution in [1.29, 1.82) is 0 Å². The van der Waals surface area contributed by atoms with E-state index < -0.39 is 0 Å². The van der Waals surface area contributed by atoms with Crippen LogP contribution in [0.5, 0.6) is 0 Å². The van der Waals surface area contributed by atoms with Crippen LogP contribution in [0.15, 0.2) is 121 Å². The molecule has 4 aromatic carbocycles. The largest absolute Gasteiger partial charge is 0.374 e. The van der Waals surface area contributed by atoms with Gasteiger partial charge in [-0.3, -0.25) is 0 Å². The Kier molecular flexibility index (Phi) is 10.6. The maximum absolute atomic E-state index is 6.62. The van der Waals surface area contributed by atoms with Crippen LogP contribution in [0.4, 0.5) is 0 Å². The van der Waals surface area contributed by atoms with E-state index in [1.54, 1.807) is 0 Å². The summed E-state index contributed by atoms with van der Waals surface area (Å²) in [6, 6.07) is 41.2. The SMILES string of the molecule is c1ccc(COC[C@@H](OCc2ccccc2)[C@@H]2SC[C@H](OCc3ccccc3)[C@H]2OCc2ccccc2)cc1. The lowest BCUT2D eigenvalue weighted by Crippen LogP contribution is -2.43. The highest BCUT2D eigenvalue weighted by Crippen LogP contribution is 2.36. The Morgan fingerprint density at radius 2 is 1.03 bits per heavy atom. The Morgan fingerprint density at radius 3 is 1.56 bits per heavy atom. The van der Waals surface area contributed by atoms with Gasteiger partial charge in [0.25, 0.3) is 0 Å². The van der Waals surface area contributed by atoms with Crippen molar-refractivity contribution in [3.05, 3.63) is 144 Å². The Balaban J connectivity index is 1.30. The predicted octanol–water partition coefficient (Wildman–Crippen LogP) is 7.07. The Labute approximate surface area is 236 Å². The van der Waals surface area contributed by atoms with E-state index in [-0.39, 0.29) is 23.6 Å². The second-order valence-electron chi connectivity index (χ2n) is 9.73. The minimum Gasteiger partial charge on any atom is -0.374 e. The minimum absolute atomic E-state index is 0.0409. The number of rotatable bonds is 14. The van der Waals surface area contributed by atoms with E-state index in [1.165, 1.54) is 0 Å². The molecular weight excluding hydrogens is 504 g/mol. The fraction of sp³-hybridized carbons (Fsp3) is 0.294. The average molecular weight is 541 g/mol. The van der Waals surface area contributed by atoms with Gasteiger partial charge in [0.05, 0.1) is 56.6 Å². The molecule has 4 atom stereocenters. The molecule has 1 fully saturated rings. The van der Waals surface area contributed by atoms with Gasteiger partial charge in [0.1, 0.15) is 0 Å². The molecule has 5 heteroatoms. The smallest absolute Gasteiger partial charge is 0.0993 e. The van der Waals surface area contributed by atoms with Gasteiger partial charge in [0.15, 0.2) is 0 Å². The van der Waals surface area contributed by atoms with Gasteiger partial charge in [-0.1, -0.05) is 121 Å². The molecule has 0 spiro atoms. The molecule has 5 rings (SSSR count). The molecule has 1 heterocycles. The van der Waals surface area contributed by atoms with Crippen LogP contribution in [-0.2, 0) is 45.4 Å². The van der Waals surface area contributed by atoms with Crippen molar-refractivity contribution in [2.24, 2.45) is 0 Å². The van der Waals surface area contributed by atoms with Gasteiger partial charge in [-0.2, -0.15) is 11.8 Å². The number of hydrogen-bond acceptors (Lipinski definition) is 5. The number of benzene rings is 4. The fourth-order valence-corrected chi connectivity index (χ4v) is 6.21. The molecule has 202 valence electrons. The number of ether oxygens (including phenoxy) is 4. The van der Waals surface area contributed by atoms with Crippen molar-refractivity contribution in [2.75, 3.05) is 12.4 Å². The van der Waals surface area contributed by atoms with Crippen LogP contribution >= 0.6 is 11.8 Å². The van der Waals surface area contributed by atoms with E-state index in [4.69, 9.17) is 18.9 Å². The van der Waals surface area contributed by atoms with Crippen LogP contribution < -0.4 is 0 Å². The topological polar surface area (TPSA) is 36.9 Å². The monoisotopic (exact) mass is 540 g/mol. The van der Waals surface area contributed by atoms with Gasteiger partial charge in [-0.15, -0.1) is 0 Å². The van der Waals surface area contributed by atoms with Crippen LogP contribution in [0, 0.1) is 0 Å². The number of hydrogen-bond donors (Lipinski definition) is 0. The van der Waals surface area contributed by atoms with E-state index >= 15 is 0 Å². The second kappa shape index (κ2) is 15.0. The zero-order valence-electron chi connectivity index (χ0n) is 22.1. The molecule has 0 saturated carbocycles. The fourth-order valence-electron chi connectivity index (χ4n) is 4.70. The molecule has 4 aromatic rings. The summed E-state index contributed by atoms with van der Waals surface area (Å²) in [5, 5.41) is 0.0778. The maximum Gasteiger partial charge on any atom is 0.0993 e. The van der Waals surface area contributed by atoms with Crippen molar-refractivity contribution >= 4 is 11.8 Å². The summed E-state index contributed by atoms with van der Waals surface area (Å²) in [7, 11) is 0. The quantitative estimate of drug-likeness (QED) is 0.171. The normalized spacial score (nSPS) is 19.6. The molecule has 1 aliphatic rings. The van der Waals surface area contributed by atoms with Crippen molar-refractivity contribution in [3.63, 3.8) is 0 Å². The first kappa shape index (κ1) is 27.6. The molecule has 0 amide bonds. The summed E-state index contributed by atoms with van der Waals surface area (Å²) in [5.41, 5.74) is 4.61. The first-order chi connectivity index (χ1) is 19.3. The third-order valence-electron chi connectivity index (χ3n) is 6.80.